The highest BCUT2D eigenvalue weighted by molar-refractivity contribution is 5.13. The summed E-state index contributed by atoms with van der Waals surface area (Å²) in [5, 5.41) is 13.6. The largest absolute Gasteiger partial charge is 0.386 e. The molecule has 0 spiro atoms. The second-order valence-corrected chi connectivity index (χ2v) is 5.25. The highest BCUT2D eigenvalue weighted by atomic mass is 16.5. The van der Waals surface area contributed by atoms with Crippen LogP contribution in [0.4, 0.5) is 0 Å². The van der Waals surface area contributed by atoms with Gasteiger partial charge in [-0.15, -0.1) is 0 Å². The molecule has 3 heteroatoms. The van der Waals surface area contributed by atoms with Crippen LogP contribution in [0.15, 0.2) is 12.2 Å². The Labute approximate surface area is 90.5 Å². The van der Waals surface area contributed by atoms with E-state index >= 15 is 0 Å². The van der Waals surface area contributed by atoms with E-state index < -0.39 is 5.60 Å². The monoisotopic (exact) mass is 209 g/mol. The van der Waals surface area contributed by atoms with Crippen LogP contribution in [0.5, 0.6) is 0 Å². The number of hydrogen-bond donors (Lipinski definition) is 2. The summed E-state index contributed by atoms with van der Waals surface area (Å²) in [4.78, 5) is 0. The molecule has 0 aromatic rings. The van der Waals surface area contributed by atoms with E-state index in [0.29, 0.717) is 25.8 Å². The van der Waals surface area contributed by atoms with Gasteiger partial charge >= 0.3 is 0 Å². The van der Waals surface area contributed by atoms with Crippen molar-refractivity contribution in [3.63, 3.8) is 0 Å². The molecule has 2 aliphatic carbocycles. The molecule has 1 saturated carbocycles. The lowest BCUT2D eigenvalue weighted by atomic mass is 9.71. The van der Waals surface area contributed by atoms with Crippen molar-refractivity contribution in [3.05, 3.63) is 12.2 Å². The van der Waals surface area contributed by atoms with E-state index in [0.717, 1.165) is 18.3 Å². The van der Waals surface area contributed by atoms with Gasteiger partial charge in [-0.05, 0) is 24.7 Å². The Balaban J connectivity index is 1.48. The first-order chi connectivity index (χ1) is 7.27. The Morgan fingerprint density at radius 3 is 3.20 bits per heavy atom. The zero-order valence-electron chi connectivity index (χ0n) is 8.98. The summed E-state index contributed by atoms with van der Waals surface area (Å²) < 4.78 is 5.23. The van der Waals surface area contributed by atoms with Crippen molar-refractivity contribution < 1.29 is 9.84 Å². The smallest absolute Gasteiger partial charge is 0.102 e. The van der Waals surface area contributed by atoms with Crippen molar-refractivity contribution in [2.75, 3.05) is 19.8 Å². The maximum absolute atomic E-state index is 10.1. The number of nitrogens with one attached hydrogen (secondary N) is 1. The quantitative estimate of drug-likeness (QED) is 0.672. The number of ether oxygens (including phenoxy) is 1. The van der Waals surface area contributed by atoms with Crippen molar-refractivity contribution in [1.82, 2.24) is 5.32 Å². The Hall–Kier alpha value is -0.380. The molecule has 0 radical (unpaired) electrons. The second-order valence-electron chi connectivity index (χ2n) is 5.25. The van der Waals surface area contributed by atoms with Crippen LogP contribution in [0.1, 0.15) is 19.3 Å². The molecule has 0 aromatic heterocycles. The molecule has 0 bridgehead atoms. The van der Waals surface area contributed by atoms with Crippen molar-refractivity contribution in [1.29, 1.82) is 0 Å². The predicted octanol–water partition coefficient (Wildman–Crippen LogP) is 0.692. The van der Waals surface area contributed by atoms with Crippen LogP contribution in [0, 0.1) is 11.8 Å². The molecule has 84 valence electrons. The third-order valence-corrected chi connectivity index (χ3v) is 4.14. The summed E-state index contributed by atoms with van der Waals surface area (Å²) in [5.74, 6) is 1.62. The molecule has 4 unspecified atom stereocenters. The SMILES string of the molecule is OC1(CNC2CC3CC=CC32)CCOC1. The van der Waals surface area contributed by atoms with Gasteiger partial charge in [-0.25, -0.2) is 0 Å². The van der Waals surface area contributed by atoms with E-state index in [1.165, 1.54) is 12.8 Å². The number of hydrogen-bond acceptors (Lipinski definition) is 3. The summed E-state index contributed by atoms with van der Waals surface area (Å²) in [6.07, 6.45) is 7.94. The van der Waals surface area contributed by atoms with E-state index in [-0.39, 0.29) is 0 Å². The number of rotatable bonds is 3. The lowest BCUT2D eigenvalue weighted by Crippen LogP contribution is -2.53. The van der Waals surface area contributed by atoms with Gasteiger partial charge in [-0.1, -0.05) is 12.2 Å². The fourth-order valence-corrected chi connectivity index (χ4v) is 3.00. The highest BCUT2D eigenvalue weighted by Crippen LogP contribution is 2.42. The molecular formula is C12H19NO2. The second kappa shape index (κ2) is 3.58. The average molecular weight is 209 g/mol. The number of allylic oxidation sites excluding steroid dienone is 1. The normalized spacial score (nSPS) is 47.9. The first kappa shape index (κ1) is 9.82. The molecule has 3 aliphatic rings. The molecule has 4 atom stereocenters. The van der Waals surface area contributed by atoms with E-state index in [2.05, 4.69) is 17.5 Å². The van der Waals surface area contributed by atoms with E-state index in [1.807, 2.05) is 0 Å². The minimum atomic E-state index is -0.604. The number of fused-ring (bicyclic) bond motifs is 1. The minimum Gasteiger partial charge on any atom is -0.386 e. The predicted molar refractivity (Wildman–Crippen MR) is 57.5 cm³/mol. The van der Waals surface area contributed by atoms with E-state index in [1.54, 1.807) is 0 Å². The summed E-state index contributed by atoms with van der Waals surface area (Å²) in [6.45, 7) is 1.89. The van der Waals surface area contributed by atoms with Gasteiger partial charge in [0.25, 0.3) is 0 Å². The maximum Gasteiger partial charge on any atom is 0.102 e. The molecule has 1 aliphatic heterocycles. The fourth-order valence-electron chi connectivity index (χ4n) is 3.00. The van der Waals surface area contributed by atoms with Crippen LogP contribution in [0.3, 0.4) is 0 Å². The molecule has 0 amide bonds. The van der Waals surface area contributed by atoms with E-state index in [9.17, 15) is 5.11 Å². The summed E-state index contributed by atoms with van der Waals surface area (Å²) in [6, 6.07) is 0.596. The zero-order chi connectivity index (χ0) is 10.3. The minimum absolute atomic E-state index is 0.497. The summed E-state index contributed by atoms with van der Waals surface area (Å²) in [7, 11) is 0. The summed E-state index contributed by atoms with van der Waals surface area (Å²) in [5.41, 5.74) is -0.604. The van der Waals surface area contributed by atoms with Gasteiger partial charge in [-0.3, -0.25) is 0 Å². The van der Waals surface area contributed by atoms with Crippen LogP contribution >= 0.6 is 0 Å². The van der Waals surface area contributed by atoms with Crippen LogP contribution < -0.4 is 5.32 Å². The third-order valence-electron chi connectivity index (χ3n) is 4.14. The lowest BCUT2D eigenvalue weighted by molar-refractivity contribution is 0.0163. The van der Waals surface area contributed by atoms with Crippen molar-refractivity contribution in [3.8, 4) is 0 Å². The molecule has 3 rings (SSSR count). The fraction of sp³-hybridized carbons (Fsp3) is 0.833. The molecular weight excluding hydrogens is 190 g/mol. The highest BCUT2D eigenvalue weighted by Gasteiger charge is 2.42. The van der Waals surface area contributed by atoms with Crippen LogP contribution in [0.2, 0.25) is 0 Å². The van der Waals surface area contributed by atoms with Crippen molar-refractivity contribution in [2.24, 2.45) is 11.8 Å². The van der Waals surface area contributed by atoms with Gasteiger partial charge in [-0.2, -0.15) is 0 Å². The first-order valence-electron chi connectivity index (χ1n) is 5.97. The van der Waals surface area contributed by atoms with Gasteiger partial charge < -0.3 is 15.2 Å². The third kappa shape index (κ3) is 1.73. The molecule has 1 heterocycles. The topological polar surface area (TPSA) is 41.5 Å². The van der Waals surface area contributed by atoms with Gasteiger partial charge in [0, 0.05) is 25.6 Å². The zero-order valence-corrected chi connectivity index (χ0v) is 8.98. The standard InChI is InChI=1S/C12H19NO2/c14-12(4-5-15-8-12)7-13-11-6-9-2-1-3-10(9)11/h1,3,9-11,13-14H,2,4-8H2. The van der Waals surface area contributed by atoms with Crippen LogP contribution in [-0.4, -0.2) is 36.5 Å². The molecule has 2 fully saturated rings. The van der Waals surface area contributed by atoms with Crippen LogP contribution in [-0.2, 0) is 4.74 Å². The molecule has 0 aromatic carbocycles. The molecule has 15 heavy (non-hydrogen) atoms. The Morgan fingerprint density at radius 1 is 1.53 bits per heavy atom. The molecule has 3 nitrogen and oxygen atoms in total. The Bertz CT molecular complexity index is 271. The van der Waals surface area contributed by atoms with E-state index in [4.69, 9.17) is 4.74 Å². The first-order valence-corrected chi connectivity index (χ1v) is 5.97. The van der Waals surface area contributed by atoms with Crippen molar-refractivity contribution in [2.45, 2.75) is 30.9 Å². The summed E-state index contributed by atoms with van der Waals surface area (Å²) >= 11 is 0. The Morgan fingerprint density at radius 2 is 2.47 bits per heavy atom. The maximum atomic E-state index is 10.1. The molecule has 1 saturated heterocycles. The van der Waals surface area contributed by atoms with Crippen LogP contribution in [0.25, 0.3) is 0 Å². The Kier molecular flexibility index (Phi) is 2.34. The van der Waals surface area contributed by atoms with Gasteiger partial charge in [0.2, 0.25) is 0 Å². The number of aliphatic hydroxyl groups is 1. The van der Waals surface area contributed by atoms with Crippen molar-refractivity contribution >= 4 is 0 Å². The van der Waals surface area contributed by atoms with Gasteiger partial charge in [0.15, 0.2) is 0 Å². The molecule has 2 N–H and O–H groups in total. The lowest BCUT2D eigenvalue weighted by Gasteiger charge is -2.42. The van der Waals surface area contributed by atoms with Gasteiger partial charge in [0.1, 0.15) is 5.60 Å². The van der Waals surface area contributed by atoms with Gasteiger partial charge in [0.05, 0.1) is 6.61 Å². The average Bonchev–Trinajstić information content (AvgIpc) is 2.75.